The van der Waals surface area contributed by atoms with E-state index in [1.54, 1.807) is 26.4 Å². The zero-order valence-corrected chi connectivity index (χ0v) is 8.02. The van der Waals surface area contributed by atoms with Crippen molar-refractivity contribution in [1.29, 1.82) is 0 Å². The van der Waals surface area contributed by atoms with Crippen LogP contribution in [0.2, 0.25) is 0 Å². The Kier molecular flexibility index (Phi) is 6.86. The molecule has 74 valence electrons. The first-order valence-corrected chi connectivity index (χ1v) is 3.78. The molecule has 0 fully saturated rings. The summed E-state index contributed by atoms with van der Waals surface area (Å²) < 4.78 is 14.0. The number of hydrogen-bond donors (Lipinski definition) is 0. The summed E-state index contributed by atoms with van der Waals surface area (Å²) >= 11 is 0. The molecule has 0 radical (unpaired) electrons. The molecule has 0 unspecified atom stereocenters. The molecule has 0 aliphatic heterocycles. The number of ether oxygens (including phenoxy) is 2. The third kappa shape index (κ3) is 6.07. The molecule has 0 saturated carbocycles. The smallest absolute Gasteiger partial charge is 0.185 e. The summed E-state index contributed by atoms with van der Waals surface area (Å²) in [4.78, 5) is 9.77. The molecule has 1 rings (SSSR count). The van der Waals surface area contributed by atoms with Crippen molar-refractivity contribution in [1.82, 2.24) is 0 Å². The standard InChI is InChI=1S/C5H4O2.C4H10O2/c6-4-5-2-1-3-7-5;1-4(5-2)6-3/h1-4H;4H,1-3H3. The van der Waals surface area contributed by atoms with Gasteiger partial charge in [-0.3, -0.25) is 4.79 Å². The SMILES string of the molecule is COC(C)OC.O=Cc1ccco1. The molecule has 13 heavy (non-hydrogen) atoms. The Morgan fingerprint density at radius 2 is 2.08 bits per heavy atom. The lowest BCUT2D eigenvalue weighted by molar-refractivity contribution is -0.0877. The van der Waals surface area contributed by atoms with Crippen molar-refractivity contribution in [3.8, 4) is 0 Å². The largest absolute Gasteiger partial charge is 0.462 e. The third-order valence-electron chi connectivity index (χ3n) is 1.32. The van der Waals surface area contributed by atoms with Crippen molar-refractivity contribution < 1.29 is 18.7 Å². The summed E-state index contributed by atoms with van der Waals surface area (Å²) in [6.07, 6.45) is 2.06. The Morgan fingerprint density at radius 3 is 2.23 bits per heavy atom. The normalized spacial score (nSPS) is 9.23. The van der Waals surface area contributed by atoms with Gasteiger partial charge >= 0.3 is 0 Å². The summed E-state index contributed by atoms with van der Waals surface area (Å²) in [5.74, 6) is 0.375. The molecular weight excluding hydrogens is 172 g/mol. The van der Waals surface area contributed by atoms with Crippen LogP contribution in [0.25, 0.3) is 0 Å². The minimum absolute atomic E-state index is 0.0648. The van der Waals surface area contributed by atoms with Gasteiger partial charge in [0.2, 0.25) is 0 Å². The second-order valence-electron chi connectivity index (χ2n) is 2.17. The van der Waals surface area contributed by atoms with Gasteiger partial charge in [-0.1, -0.05) is 0 Å². The predicted molar refractivity (Wildman–Crippen MR) is 47.6 cm³/mol. The summed E-state index contributed by atoms with van der Waals surface area (Å²) in [6.45, 7) is 1.83. The van der Waals surface area contributed by atoms with Crippen LogP contribution in [0, 0.1) is 0 Å². The van der Waals surface area contributed by atoms with Crippen LogP contribution in [-0.2, 0) is 9.47 Å². The van der Waals surface area contributed by atoms with Crippen LogP contribution in [0.1, 0.15) is 17.5 Å². The number of carbonyl (C=O) groups excluding carboxylic acids is 1. The maximum Gasteiger partial charge on any atom is 0.185 e. The van der Waals surface area contributed by atoms with E-state index >= 15 is 0 Å². The first-order valence-electron chi connectivity index (χ1n) is 3.78. The van der Waals surface area contributed by atoms with Crippen LogP contribution in [0.15, 0.2) is 22.8 Å². The summed E-state index contributed by atoms with van der Waals surface area (Å²) in [7, 11) is 3.21. The molecule has 0 atom stereocenters. The van der Waals surface area contributed by atoms with Crippen molar-refractivity contribution in [3.05, 3.63) is 24.2 Å². The molecule has 0 saturated heterocycles. The van der Waals surface area contributed by atoms with Gasteiger partial charge in [-0.05, 0) is 19.1 Å². The highest BCUT2D eigenvalue weighted by Gasteiger charge is 1.88. The van der Waals surface area contributed by atoms with Crippen LogP contribution < -0.4 is 0 Å². The number of carbonyl (C=O) groups is 1. The molecule has 0 aliphatic rings. The average molecular weight is 186 g/mol. The first-order chi connectivity index (χ1) is 6.24. The highest BCUT2D eigenvalue weighted by Crippen LogP contribution is 1.92. The quantitative estimate of drug-likeness (QED) is 0.532. The minimum atomic E-state index is -0.0648. The van der Waals surface area contributed by atoms with E-state index in [1.807, 2.05) is 6.92 Å². The number of methoxy groups -OCH3 is 2. The lowest BCUT2D eigenvalue weighted by atomic mass is 10.5. The zero-order chi connectivity index (χ0) is 10.1. The minimum Gasteiger partial charge on any atom is -0.462 e. The molecule has 4 heteroatoms. The fourth-order valence-electron chi connectivity index (χ4n) is 0.455. The second kappa shape index (κ2) is 7.52. The molecule has 0 amide bonds. The fourth-order valence-corrected chi connectivity index (χ4v) is 0.455. The van der Waals surface area contributed by atoms with Gasteiger partial charge < -0.3 is 13.9 Å². The third-order valence-corrected chi connectivity index (χ3v) is 1.32. The van der Waals surface area contributed by atoms with E-state index < -0.39 is 0 Å². The monoisotopic (exact) mass is 186 g/mol. The van der Waals surface area contributed by atoms with Gasteiger partial charge in [-0.25, -0.2) is 0 Å². The number of furan rings is 1. The lowest BCUT2D eigenvalue weighted by Crippen LogP contribution is -2.05. The molecule has 0 spiro atoms. The van der Waals surface area contributed by atoms with E-state index in [9.17, 15) is 4.79 Å². The zero-order valence-electron chi connectivity index (χ0n) is 8.02. The van der Waals surface area contributed by atoms with E-state index in [-0.39, 0.29) is 6.29 Å². The summed E-state index contributed by atoms with van der Waals surface area (Å²) in [5, 5.41) is 0. The molecule has 0 N–H and O–H groups in total. The van der Waals surface area contributed by atoms with Gasteiger partial charge in [0, 0.05) is 14.2 Å². The molecule has 1 heterocycles. The maximum atomic E-state index is 9.77. The topological polar surface area (TPSA) is 48.7 Å². The van der Waals surface area contributed by atoms with Crippen LogP contribution >= 0.6 is 0 Å². The molecule has 0 bridgehead atoms. The van der Waals surface area contributed by atoms with E-state index in [2.05, 4.69) is 13.9 Å². The van der Waals surface area contributed by atoms with Gasteiger partial charge in [0.25, 0.3) is 0 Å². The average Bonchev–Trinajstić information content (AvgIpc) is 2.70. The van der Waals surface area contributed by atoms with E-state index in [0.29, 0.717) is 12.0 Å². The van der Waals surface area contributed by atoms with Gasteiger partial charge in [0.1, 0.15) is 0 Å². The summed E-state index contributed by atoms with van der Waals surface area (Å²) in [5.41, 5.74) is 0. The van der Waals surface area contributed by atoms with Gasteiger partial charge in [0.05, 0.1) is 6.26 Å². The maximum absolute atomic E-state index is 9.77. The van der Waals surface area contributed by atoms with Gasteiger partial charge in [-0.15, -0.1) is 0 Å². The van der Waals surface area contributed by atoms with Crippen LogP contribution in [0.4, 0.5) is 0 Å². The van der Waals surface area contributed by atoms with E-state index in [4.69, 9.17) is 0 Å². The Morgan fingerprint density at radius 1 is 1.46 bits per heavy atom. The van der Waals surface area contributed by atoms with E-state index in [0.717, 1.165) is 0 Å². The van der Waals surface area contributed by atoms with Gasteiger partial charge in [-0.2, -0.15) is 0 Å². The predicted octanol–water partition coefficient (Wildman–Crippen LogP) is 1.72. The Balaban J connectivity index is 0.000000226. The Hall–Kier alpha value is -1.13. The molecule has 0 aromatic carbocycles. The fraction of sp³-hybridized carbons (Fsp3) is 0.444. The molecule has 1 aromatic heterocycles. The Bertz CT molecular complexity index is 201. The Labute approximate surface area is 77.4 Å². The van der Waals surface area contributed by atoms with Crippen LogP contribution in [0.3, 0.4) is 0 Å². The van der Waals surface area contributed by atoms with Crippen LogP contribution in [-0.4, -0.2) is 26.8 Å². The number of aldehydes is 1. The van der Waals surface area contributed by atoms with Crippen molar-refractivity contribution in [2.45, 2.75) is 13.2 Å². The summed E-state index contributed by atoms with van der Waals surface area (Å²) in [6, 6.07) is 3.27. The van der Waals surface area contributed by atoms with Crippen molar-refractivity contribution >= 4 is 6.29 Å². The highest BCUT2D eigenvalue weighted by molar-refractivity contribution is 5.69. The molecular formula is C9H14O4. The second-order valence-corrected chi connectivity index (χ2v) is 2.17. The van der Waals surface area contributed by atoms with Crippen LogP contribution in [0.5, 0.6) is 0 Å². The van der Waals surface area contributed by atoms with Crippen molar-refractivity contribution in [2.75, 3.05) is 14.2 Å². The van der Waals surface area contributed by atoms with Crippen molar-refractivity contribution in [3.63, 3.8) is 0 Å². The first kappa shape index (κ1) is 11.9. The van der Waals surface area contributed by atoms with E-state index in [1.165, 1.54) is 6.26 Å². The van der Waals surface area contributed by atoms with Gasteiger partial charge in [0.15, 0.2) is 18.3 Å². The molecule has 1 aromatic rings. The number of hydrogen-bond acceptors (Lipinski definition) is 4. The molecule has 0 aliphatic carbocycles. The number of rotatable bonds is 3. The molecule has 4 nitrogen and oxygen atoms in total. The lowest BCUT2D eigenvalue weighted by Gasteiger charge is -2.03. The van der Waals surface area contributed by atoms with Crippen molar-refractivity contribution in [2.24, 2.45) is 0 Å². The highest BCUT2D eigenvalue weighted by atomic mass is 16.7.